The molecule has 0 fully saturated rings. The second-order valence-corrected chi connectivity index (χ2v) is 3.29. The van der Waals surface area contributed by atoms with Crippen LogP contribution < -0.4 is 0 Å². The Hall–Kier alpha value is -1.18. The summed E-state index contributed by atoms with van der Waals surface area (Å²) in [5.74, 6) is 0.707. The molecule has 66 valence electrons. The van der Waals surface area contributed by atoms with Gasteiger partial charge >= 0.3 is 0 Å². The van der Waals surface area contributed by atoms with E-state index in [0.29, 0.717) is 5.76 Å². The Morgan fingerprint density at radius 3 is 2.77 bits per heavy atom. The number of furan rings is 1. The van der Waals surface area contributed by atoms with Gasteiger partial charge in [-0.1, -0.05) is 0 Å². The van der Waals surface area contributed by atoms with Gasteiger partial charge in [-0.15, -0.1) is 10.2 Å². The summed E-state index contributed by atoms with van der Waals surface area (Å²) in [6.07, 6.45) is 4.61. The van der Waals surface area contributed by atoms with Crippen LogP contribution in [0.3, 0.4) is 0 Å². The van der Waals surface area contributed by atoms with E-state index in [-0.39, 0.29) is 0 Å². The zero-order chi connectivity index (χ0) is 9.10. The molecule has 0 N–H and O–H groups in total. The molecule has 6 heteroatoms. The van der Waals surface area contributed by atoms with Crippen molar-refractivity contribution in [3.05, 3.63) is 34.3 Å². The van der Waals surface area contributed by atoms with E-state index in [1.165, 1.54) is 17.3 Å². The van der Waals surface area contributed by atoms with E-state index in [0.717, 1.165) is 3.77 Å². The molecular formula is C7H5IN4O. The van der Waals surface area contributed by atoms with Crippen LogP contribution in [0.15, 0.2) is 34.3 Å². The van der Waals surface area contributed by atoms with Gasteiger partial charge in [-0.05, 0) is 34.7 Å². The molecule has 0 unspecified atom stereocenters. The van der Waals surface area contributed by atoms with Crippen molar-refractivity contribution >= 4 is 28.8 Å². The SMILES string of the molecule is Ic1ccc(/C=N/n2cnnc2)o1. The van der Waals surface area contributed by atoms with E-state index >= 15 is 0 Å². The Morgan fingerprint density at radius 2 is 2.15 bits per heavy atom. The molecule has 2 rings (SSSR count). The fourth-order valence-corrected chi connectivity index (χ4v) is 1.21. The summed E-state index contributed by atoms with van der Waals surface area (Å²) in [6, 6.07) is 3.71. The van der Waals surface area contributed by atoms with Crippen molar-refractivity contribution in [2.24, 2.45) is 5.10 Å². The van der Waals surface area contributed by atoms with Crippen LogP contribution in [0, 0.1) is 3.77 Å². The maximum Gasteiger partial charge on any atom is 0.164 e. The number of rotatable bonds is 2. The van der Waals surface area contributed by atoms with Gasteiger partial charge in [-0.25, -0.2) is 4.68 Å². The van der Waals surface area contributed by atoms with E-state index in [9.17, 15) is 0 Å². The van der Waals surface area contributed by atoms with E-state index in [1.807, 2.05) is 12.1 Å². The summed E-state index contributed by atoms with van der Waals surface area (Å²) in [6.45, 7) is 0. The van der Waals surface area contributed by atoms with Gasteiger partial charge in [-0.2, -0.15) is 5.10 Å². The summed E-state index contributed by atoms with van der Waals surface area (Å²) in [5.41, 5.74) is 0. The predicted octanol–water partition coefficient (Wildman–Crippen LogP) is 1.36. The third-order valence-corrected chi connectivity index (χ3v) is 1.90. The van der Waals surface area contributed by atoms with Crippen LogP contribution in [0.5, 0.6) is 0 Å². The standard InChI is InChI=1S/C7H5IN4O/c8-7-2-1-6(13-7)3-11-12-4-9-10-5-12/h1-5H/b11-3+. The van der Waals surface area contributed by atoms with Gasteiger partial charge in [0.25, 0.3) is 0 Å². The molecule has 0 aromatic carbocycles. The lowest BCUT2D eigenvalue weighted by Gasteiger charge is -1.86. The van der Waals surface area contributed by atoms with Gasteiger partial charge < -0.3 is 4.42 Å². The molecule has 2 aromatic rings. The van der Waals surface area contributed by atoms with Gasteiger partial charge in [0.2, 0.25) is 0 Å². The molecule has 0 bridgehead atoms. The quantitative estimate of drug-likeness (QED) is 0.619. The Bertz CT molecular complexity index is 406. The number of hydrogen-bond acceptors (Lipinski definition) is 4. The number of aromatic nitrogens is 3. The molecule has 0 saturated heterocycles. The Balaban J connectivity index is 2.14. The molecule has 0 amide bonds. The normalized spacial score (nSPS) is 11.2. The highest BCUT2D eigenvalue weighted by Crippen LogP contribution is 2.07. The number of hydrogen-bond donors (Lipinski definition) is 0. The number of halogens is 1. The molecule has 13 heavy (non-hydrogen) atoms. The van der Waals surface area contributed by atoms with Crippen LogP contribution in [0.4, 0.5) is 0 Å². The summed E-state index contributed by atoms with van der Waals surface area (Å²) >= 11 is 2.09. The topological polar surface area (TPSA) is 56.2 Å². The number of nitrogens with zero attached hydrogens (tertiary/aromatic N) is 4. The highest BCUT2D eigenvalue weighted by Gasteiger charge is 1.94. The lowest BCUT2D eigenvalue weighted by atomic mass is 10.5. The minimum atomic E-state index is 0.707. The third-order valence-electron chi connectivity index (χ3n) is 1.32. The van der Waals surface area contributed by atoms with Crippen LogP contribution in [0.2, 0.25) is 0 Å². The van der Waals surface area contributed by atoms with Gasteiger partial charge in [0.15, 0.2) is 3.77 Å². The van der Waals surface area contributed by atoms with E-state index < -0.39 is 0 Å². The second-order valence-electron chi connectivity index (χ2n) is 2.23. The van der Waals surface area contributed by atoms with Crippen molar-refractivity contribution in [2.75, 3.05) is 0 Å². The van der Waals surface area contributed by atoms with Gasteiger partial charge in [0.05, 0.1) is 6.21 Å². The summed E-state index contributed by atoms with van der Waals surface area (Å²) in [5, 5.41) is 11.2. The van der Waals surface area contributed by atoms with Crippen molar-refractivity contribution in [1.29, 1.82) is 0 Å². The smallest absolute Gasteiger partial charge is 0.164 e. The van der Waals surface area contributed by atoms with Crippen molar-refractivity contribution in [3.63, 3.8) is 0 Å². The second kappa shape index (κ2) is 3.69. The summed E-state index contributed by atoms with van der Waals surface area (Å²) in [4.78, 5) is 0. The average Bonchev–Trinajstić information content (AvgIpc) is 2.71. The monoisotopic (exact) mass is 288 g/mol. The molecule has 0 spiro atoms. The van der Waals surface area contributed by atoms with Crippen molar-refractivity contribution in [1.82, 2.24) is 14.9 Å². The van der Waals surface area contributed by atoms with Crippen LogP contribution in [0.25, 0.3) is 0 Å². The molecule has 0 aliphatic carbocycles. The molecule has 0 aliphatic heterocycles. The molecule has 0 aliphatic rings. The summed E-state index contributed by atoms with van der Waals surface area (Å²) < 4.78 is 7.60. The predicted molar refractivity (Wildman–Crippen MR) is 54.4 cm³/mol. The minimum Gasteiger partial charge on any atom is -0.449 e. The zero-order valence-electron chi connectivity index (χ0n) is 6.46. The molecule has 0 radical (unpaired) electrons. The molecule has 0 atom stereocenters. The first-order chi connectivity index (χ1) is 6.34. The van der Waals surface area contributed by atoms with E-state index in [2.05, 4.69) is 37.9 Å². The largest absolute Gasteiger partial charge is 0.449 e. The average molecular weight is 288 g/mol. The first-order valence-electron chi connectivity index (χ1n) is 3.49. The van der Waals surface area contributed by atoms with E-state index in [1.54, 1.807) is 6.21 Å². The van der Waals surface area contributed by atoms with Crippen LogP contribution >= 0.6 is 22.6 Å². The highest BCUT2D eigenvalue weighted by atomic mass is 127. The molecule has 2 aromatic heterocycles. The molecule has 2 heterocycles. The Labute approximate surface area is 87.6 Å². The van der Waals surface area contributed by atoms with Crippen molar-refractivity contribution < 1.29 is 4.42 Å². The molecule has 5 nitrogen and oxygen atoms in total. The first-order valence-corrected chi connectivity index (χ1v) is 4.57. The summed E-state index contributed by atoms with van der Waals surface area (Å²) in [7, 11) is 0. The van der Waals surface area contributed by atoms with Crippen molar-refractivity contribution in [2.45, 2.75) is 0 Å². The van der Waals surface area contributed by atoms with Crippen LogP contribution in [-0.4, -0.2) is 21.1 Å². The van der Waals surface area contributed by atoms with Gasteiger partial charge in [-0.3, -0.25) is 0 Å². The van der Waals surface area contributed by atoms with E-state index in [4.69, 9.17) is 4.42 Å². The third kappa shape index (κ3) is 2.14. The maximum absolute atomic E-state index is 5.26. The first kappa shape index (κ1) is 8.42. The van der Waals surface area contributed by atoms with Crippen LogP contribution in [0.1, 0.15) is 5.76 Å². The lowest BCUT2D eigenvalue weighted by molar-refractivity contribution is 0.531. The van der Waals surface area contributed by atoms with Gasteiger partial charge in [0.1, 0.15) is 18.4 Å². The van der Waals surface area contributed by atoms with Crippen LogP contribution in [-0.2, 0) is 0 Å². The Kier molecular flexibility index (Phi) is 2.39. The highest BCUT2D eigenvalue weighted by molar-refractivity contribution is 14.1. The molecule has 0 saturated carbocycles. The minimum absolute atomic E-state index is 0.707. The Morgan fingerprint density at radius 1 is 1.38 bits per heavy atom. The van der Waals surface area contributed by atoms with Crippen molar-refractivity contribution in [3.8, 4) is 0 Å². The van der Waals surface area contributed by atoms with Gasteiger partial charge in [0, 0.05) is 0 Å². The molecular weight excluding hydrogens is 283 g/mol. The zero-order valence-corrected chi connectivity index (χ0v) is 8.62. The lowest BCUT2D eigenvalue weighted by Crippen LogP contribution is -1.84. The fraction of sp³-hybridized carbons (Fsp3) is 0. The fourth-order valence-electron chi connectivity index (χ4n) is 0.776. The maximum atomic E-state index is 5.26.